The molecule has 1 fully saturated rings. The van der Waals surface area contributed by atoms with E-state index in [2.05, 4.69) is 26.7 Å². The van der Waals surface area contributed by atoms with Gasteiger partial charge in [0.2, 0.25) is 5.91 Å². The van der Waals surface area contributed by atoms with Gasteiger partial charge in [0.25, 0.3) is 0 Å². The summed E-state index contributed by atoms with van der Waals surface area (Å²) in [5.74, 6) is 2.04. The van der Waals surface area contributed by atoms with Gasteiger partial charge in [-0.1, -0.05) is 18.6 Å². The van der Waals surface area contributed by atoms with Crippen LogP contribution in [0.5, 0.6) is 0 Å². The molecule has 3 heterocycles. The largest absolute Gasteiger partial charge is 0.340 e. The number of carbonyl (C=O) groups is 1. The predicted octanol–water partition coefficient (Wildman–Crippen LogP) is 2.98. The van der Waals surface area contributed by atoms with Crippen molar-refractivity contribution in [2.75, 3.05) is 26.7 Å². The molecule has 7 heteroatoms. The van der Waals surface area contributed by atoms with E-state index in [9.17, 15) is 9.18 Å². The normalized spacial score (nSPS) is 20.3. The maximum absolute atomic E-state index is 13.0. The molecule has 0 spiro atoms. The molecule has 2 aliphatic heterocycles. The van der Waals surface area contributed by atoms with Gasteiger partial charge in [0.15, 0.2) is 0 Å². The summed E-state index contributed by atoms with van der Waals surface area (Å²) in [5, 5.41) is 8.96. The Balaban J connectivity index is 1.32. The second kappa shape index (κ2) is 9.03. The number of aromatic nitrogens is 3. The van der Waals surface area contributed by atoms with Gasteiger partial charge in [0, 0.05) is 32.5 Å². The first-order valence-corrected chi connectivity index (χ1v) is 10.8. The average Bonchev–Trinajstić information content (AvgIpc) is 3.00. The maximum Gasteiger partial charge on any atom is 0.222 e. The molecule has 0 saturated carbocycles. The number of aryl methyl sites for hydroxylation is 1. The fourth-order valence-electron chi connectivity index (χ4n) is 4.50. The van der Waals surface area contributed by atoms with Crippen LogP contribution >= 0.6 is 0 Å². The number of carbonyl (C=O) groups excluding carboxylic acids is 1. The second-order valence-electron chi connectivity index (χ2n) is 8.23. The molecule has 0 bridgehead atoms. The van der Waals surface area contributed by atoms with E-state index in [1.807, 2.05) is 4.90 Å². The summed E-state index contributed by atoms with van der Waals surface area (Å²) in [5.41, 5.74) is 1.07. The molecule has 1 aromatic heterocycles. The zero-order valence-corrected chi connectivity index (χ0v) is 17.2. The Labute approximate surface area is 171 Å². The monoisotopic (exact) mass is 399 g/mol. The third-order valence-electron chi connectivity index (χ3n) is 6.25. The molecule has 6 nitrogen and oxygen atoms in total. The van der Waals surface area contributed by atoms with Crippen molar-refractivity contribution in [1.82, 2.24) is 24.6 Å². The summed E-state index contributed by atoms with van der Waals surface area (Å²) in [4.78, 5) is 17.1. The van der Waals surface area contributed by atoms with Crippen molar-refractivity contribution in [2.45, 2.75) is 57.5 Å². The fraction of sp³-hybridized carbons (Fsp3) is 0.591. The molecular weight excluding hydrogens is 369 g/mol. The topological polar surface area (TPSA) is 54.3 Å². The highest BCUT2D eigenvalue weighted by Crippen LogP contribution is 2.29. The number of hydrogen-bond acceptors (Lipinski definition) is 4. The summed E-state index contributed by atoms with van der Waals surface area (Å²) in [6.45, 7) is 3.29. The van der Waals surface area contributed by atoms with E-state index in [4.69, 9.17) is 0 Å². The molecule has 2 aromatic rings. The summed E-state index contributed by atoms with van der Waals surface area (Å²) >= 11 is 0. The Morgan fingerprint density at radius 2 is 1.93 bits per heavy atom. The highest BCUT2D eigenvalue weighted by atomic mass is 19.1. The van der Waals surface area contributed by atoms with Crippen LogP contribution in [0.15, 0.2) is 24.3 Å². The average molecular weight is 400 g/mol. The van der Waals surface area contributed by atoms with E-state index >= 15 is 0 Å². The maximum atomic E-state index is 13.0. The molecule has 1 unspecified atom stereocenters. The molecule has 4 rings (SSSR count). The highest BCUT2D eigenvalue weighted by Gasteiger charge is 2.29. The Morgan fingerprint density at radius 1 is 1.10 bits per heavy atom. The smallest absolute Gasteiger partial charge is 0.222 e. The molecule has 1 amide bonds. The Hall–Kier alpha value is -2.28. The number of rotatable bonds is 5. The van der Waals surface area contributed by atoms with E-state index in [1.54, 1.807) is 12.1 Å². The van der Waals surface area contributed by atoms with E-state index in [0.717, 1.165) is 56.0 Å². The number of benzene rings is 1. The lowest BCUT2D eigenvalue weighted by Crippen LogP contribution is -2.34. The van der Waals surface area contributed by atoms with Crippen molar-refractivity contribution < 1.29 is 9.18 Å². The van der Waals surface area contributed by atoms with Gasteiger partial charge in [0.05, 0.1) is 6.04 Å². The zero-order chi connectivity index (χ0) is 20.2. The van der Waals surface area contributed by atoms with Crippen LogP contribution in [0.25, 0.3) is 0 Å². The SMILES string of the molecule is CN1CCCCC1c1nnc2n1CCN(C(=O)CCCc1ccc(F)cc1)CC2. The Kier molecular flexibility index (Phi) is 6.23. The first-order valence-electron chi connectivity index (χ1n) is 10.8. The lowest BCUT2D eigenvalue weighted by molar-refractivity contribution is -0.131. The molecule has 0 N–H and O–H groups in total. The minimum atomic E-state index is -0.222. The number of nitrogens with zero attached hydrogens (tertiary/aromatic N) is 5. The molecule has 29 heavy (non-hydrogen) atoms. The van der Waals surface area contributed by atoms with Crippen molar-refractivity contribution >= 4 is 5.91 Å². The van der Waals surface area contributed by atoms with E-state index < -0.39 is 0 Å². The van der Waals surface area contributed by atoms with Crippen LogP contribution in [0.2, 0.25) is 0 Å². The second-order valence-corrected chi connectivity index (χ2v) is 8.23. The van der Waals surface area contributed by atoms with Crippen molar-refractivity contribution in [1.29, 1.82) is 0 Å². The Bertz CT molecular complexity index is 834. The fourth-order valence-corrected chi connectivity index (χ4v) is 4.50. The van der Waals surface area contributed by atoms with Gasteiger partial charge in [-0.05, 0) is 57.0 Å². The first kappa shape index (κ1) is 20.0. The summed E-state index contributed by atoms with van der Waals surface area (Å²) in [7, 11) is 2.17. The lowest BCUT2D eigenvalue weighted by Gasteiger charge is -2.32. The molecule has 2 aliphatic rings. The van der Waals surface area contributed by atoms with Gasteiger partial charge in [0.1, 0.15) is 17.5 Å². The molecule has 1 aromatic carbocycles. The molecule has 1 saturated heterocycles. The standard InChI is InChI=1S/C22H30FN5O/c1-26-13-3-2-6-19(26)22-25-24-20-12-14-27(15-16-28(20)22)21(29)7-4-5-17-8-10-18(23)11-9-17/h8-11,19H,2-7,12-16H2,1H3. The van der Waals surface area contributed by atoms with Crippen molar-refractivity contribution in [3.05, 3.63) is 47.3 Å². The summed E-state index contributed by atoms with van der Waals surface area (Å²) in [6, 6.07) is 6.87. The minimum Gasteiger partial charge on any atom is -0.340 e. The van der Waals surface area contributed by atoms with Crippen molar-refractivity contribution in [2.24, 2.45) is 0 Å². The van der Waals surface area contributed by atoms with Gasteiger partial charge in [-0.15, -0.1) is 10.2 Å². The van der Waals surface area contributed by atoms with Crippen LogP contribution in [0, 0.1) is 5.82 Å². The van der Waals surface area contributed by atoms with E-state index in [0.29, 0.717) is 25.6 Å². The lowest BCUT2D eigenvalue weighted by atomic mass is 10.0. The number of piperidine rings is 1. The Morgan fingerprint density at radius 3 is 2.72 bits per heavy atom. The number of hydrogen-bond donors (Lipinski definition) is 0. The molecule has 0 radical (unpaired) electrons. The van der Waals surface area contributed by atoms with Gasteiger partial charge >= 0.3 is 0 Å². The van der Waals surface area contributed by atoms with Crippen LogP contribution in [0.4, 0.5) is 4.39 Å². The summed E-state index contributed by atoms with van der Waals surface area (Å²) in [6.07, 6.45) is 6.46. The van der Waals surface area contributed by atoms with Crippen molar-refractivity contribution in [3.8, 4) is 0 Å². The van der Waals surface area contributed by atoms with Crippen molar-refractivity contribution in [3.63, 3.8) is 0 Å². The van der Waals surface area contributed by atoms with Gasteiger partial charge in [-0.3, -0.25) is 9.69 Å². The number of likely N-dealkylation sites (tertiary alicyclic amines) is 1. The molecular formula is C22H30FN5O. The number of fused-ring (bicyclic) bond motifs is 1. The predicted molar refractivity (Wildman–Crippen MR) is 109 cm³/mol. The molecule has 0 aliphatic carbocycles. The zero-order valence-electron chi connectivity index (χ0n) is 17.2. The van der Waals surface area contributed by atoms with Crippen LogP contribution in [0.1, 0.15) is 55.4 Å². The van der Waals surface area contributed by atoms with Crippen LogP contribution in [-0.4, -0.2) is 57.2 Å². The van der Waals surface area contributed by atoms with Crippen LogP contribution in [0.3, 0.4) is 0 Å². The quantitative estimate of drug-likeness (QED) is 0.776. The first-order chi connectivity index (χ1) is 14.1. The van der Waals surface area contributed by atoms with Gasteiger partial charge in [-0.2, -0.15) is 0 Å². The number of amides is 1. The molecule has 156 valence electrons. The highest BCUT2D eigenvalue weighted by molar-refractivity contribution is 5.76. The minimum absolute atomic E-state index is 0.196. The number of halogens is 1. The third kappa shape index (κ3) is 4.66. The third-order valence-corrected chi connectivity index (χ3v) is 6.25. The molecule has 1 atom stereocenters. The van der Waals surface area contributed by atoms with Crippen LogP contribution < -0.4 is 0 Å². The van der Waals surface area contributed by atoms with Gasteiger partial charge in [-0.25, -0.2) is 4.39 Å². The summed E-state index contributed by atoms with van der Waals surface area (Å²) < 4.78 is 15.2. The van der Waals surface area contributed by atoms with E-state index in [-0.39, 0.29) is 11.7 Å². The van der Waals surface area contributed by atoms with Crippen LogP contribution in [-0.2, 0) is 24.2 Å². The van der Waals surface area contributed by atoms with E-state index in [1.165, 1.54) is 25.0 Å². The van der Waals surface area contributed by atoms with Gasteiger partial charge < -0.3 is 9.47 Å².